The Balaban J connectivity index is 2.51. The van der Waals surface area contributed by atoms with Crippen LogP contribution in [-0.2, 0) is 7.05 Å². The summed E-state index contributed by atoms with van der Waals surface area (Å²) in [6, 6.07) is 0. The molecule has 0 aliphatic rings. The van der Waals surface area contributed by atoms with Gasteiger partial charge in [-0.05, 0) is 11.8 Å². The van der Waals surface area contributed by atoms with E-state index >= 15 is 0 Å². The van der Waals surface area contributed by atoms with Crippen molar-refractivity contribution in [3.8, 4) is 0 Å². The number of aryl methyl sites for hydroxylation is 1. The molecule has 16 heavy (non-hydrogen) atoms. The second-order valence-electron chi connectivity index (χ2n) is 4.68. The smallest absolute Gasteiger partial charge is 0.269 e. The van der Waals surface area contributed by atoms with Gasteiger partial charge in [-0.15, -0.1) is 0 Å². The Kier molecular flexibility index (Phi) is 4.53. The fourth-order valence-electron chi connectivity index (χ4n) is 1.33. The number of alkyl halides is 1. The van der Waals surface area contributed by atoms with Gasteiger partial charge in [-0.1, -0.05) is 29.8 Å². The summed E-state index contributed by atoms with van der Waals surface area (Å²) in [6.07, 6.45) is 4.23. The molecule has 0 fully saturated rings. The van der Waals surface area contributed by atoms with Gasteiger partial charge in [0.1, 0.15) is 5.69 Å². The van der Waals surface area contributed by atoms with E-state index in [1.165, 1.54) is 0 Å². The van der Waals surface area contributed by atoms with Crippen LogP contribution < -0.4 is 5.32 Å². The molecule has 0 saturated heterocycles. The van der Waals surface area contributed by atoms with Crippen molar-refractivity contribution in [2.75, 3.05) is 11.9 Å². The lowest BCUT2D eigenvalue weighted by Crippen LogP contribution is -2.35. The van der Waals surface area contributed by atoms with Crippen molar-refractivity contribution in [2.45, 2.75) is 20.3 Å². The third-order valence-electron chi connectivity index (χ3n) is 2.55. The topological polar surface area (TPSA) is 46.9 Å². The number of hydrogen-bond donors (Lipinski definition) is 1. The van der Waals surface area contributed by atoms with Crippen LogP contribution in [0.5, 0.6) is 0 Å². The summed E-state index contributed by atoms with van der Waals surface area (Å²) in [7, 11) is 1.81. The minimum absolute atomic E-state index is 0.0670. The summed E-state index contributed by atoms with van der Waals surface area (Å²) in [5, 5.41) is 3.88. The summed E-state index contributed by atoms with van der Waals surface area (Å²) < 4.78 is 1.72. The molecule has 1 aromatic heterocycles. The maximum atomic E-state index is 11.8. The highest BCUT2D eigenvalue weighted by molar-refractivity contribution is 9.09. The van der Waals surface area contributed by atoms with Crippen LogP contribution in [0.1, 0.15) is 30.8 Å². The summed E-state index contributed by atoms with van der Waals surface area (Å²) in [5.74, 6) is -0.0670. The van der Waals surface area contributed by atoms with Crippen molar-refractivity contribution < 1.29 is 4.79 Å². The molecule has 5 heteroatoms. The minimum atomic E-state index is -0.0670. The largest absolute Gasteiger partial charge is 0.350 e. The predicted molar refractivity (Wildman–Crippen MR) is 67.7 cm³/mol. The van der Waals surface area contributed by atoms with Crippen molar-refractivity contribution in [1.82, 2.24) is 14.9 Å². The molecule has 0 unspecified atom stereocenters. The van der Waals surface area contributed by atoms with Crippen molar-refractivity contribution >= 4 is 21.8 Å². The van der Waals surface area contributed by atoms with E-state index < -0.39 is 0 Å². The molecule has 1 N–H and O–H groups in total. The van der Waals surface area contributed by atoms with E-state index in [2.05, 4.69) is 40.1 Å². The Labute approximate surface area is 105 Å². The molecule has 0 spiro atoms. The number of rotatable bonds is 5. The molecule has 1 aromatic rings. The SMILES string of the molecule is Cn1cncc1C(=O)NCC(C)(C)CCBr. The van der Waals surface area contributed by atoms with Gasteiger partial charge in [0.2, 0.25) is 0 Å². The Morgan fingerprint density at radius 2 is 2.31 bits per heavy atom. The van der Waals surface area contributed by atoms with Crippen LogP contribution >= 0.6 is 15.9 Å². The highest BCUT2D eigenvalue weighted by atomic mass is 79.9. The molecule has 4 nitrogen and oxygen atoms in total. The van der Waals surface area contributed by atoms with Crippen LogP contribution in [0.25, 0.3) is 0 Å². The van der Waals surface area contributed by atoms with Gasteiger partial charge in [-0.2, -0.15) is 0 Å². The molecular formula is C11H18BrN3O. The lowest BCUT2D eigenvalue weighted by atomic mass is 9.90. The number of hydrogen-bond acceptors (Lipinski definition) is 2. The average molecular weight is 288 g/mol. The molecule has 0 aromatic carbocycles. The van der Waals surface area contributed by atoms with E-state index in [1.807, 2.05) is 7.05 Å². The standard InChI is InChI=1S/C11H18BrN3O/c1-11(2,4-5-12)7-14-10(16)9-6-13-8-15(9)3/h6,8H,4-5,7H2,1-3H3,(H,14,16). The van der Waals surface area contributed by atoms with E-state index in [9.17, 15) is 4.79 Å². The lowest BCUT2D eigenvalue weighted by Gasteiger charge is -2.23. The number of carbonyl (C=O) groups excluding carboxylic acids is 1. The van der Waals surface area contributed by atoms with Crippen molar-refractivity contribution in [3.63, 3.8) is 0 Å². The van der Waals surface area contributed by atoms with Gasteiger partial charge in [-0.25, -0.2) is 4.98 Å². The average Bonchev–Trinajstić information content (AvgIpc) is 2.61. The number of nitrogens with one attached hydrogen (secondary N) is 1. The fourth-order valence-corrected chi connectivity index (χ4v) is 2.40. The van der Waals surface area contributed by atoms with Crippen LogP contribution in [0.15, 0.2) is 12.5 Å². The molecule has 0 bridgehead atoms. The molecule has 1 amide bonds. The second kappa shape index (κ2) is 5.48. The van der Waals surface area contributed by atoms with Gasteiger partial charge in [-0.3, -0.25) is 4.79 Å². The van der Waals surface area contributed by atoms with Crippen LogP contribution in [0.4, 0.5) is 0 Å². The summed E-state index contributed by atoms with van der Waals surface area (Å²) in [6.45, 7) is 4.94. The Morgan fingerprint density at radius 3 is 2.81 bits per heavy atom. The zero-order valence-corrected chi connectivity index (χ0v) is 11.5. The molecule has 0 aliphatic heterocycles. The highest BCUT2D eigenvalue weighted by Gasteiger charge is 2.19. The predicted octanol–water partition coefficient (Wildman–Crippen LogP) is 1.96. The third-order valence-corrected chi connectivity index (χ3v) is 2.94. The maximum absolute atomic E-state index is 11.8. The quantitative estimate of drug-likeness (QED) is 0.842. The first-order chi connectivity index (χ1) is 7.46. The Morgan fingerprint density at radius 1 is 1.62 bits per heavy atom. The van der Waals surface area contributed by atoms with Crippen LogP contribution in [0.2, 0.25) is 0 Å². The molecule has 90 valence electrons. The maximum Gasteiger partial charge on any atom is 0.269 e. The number of halogens is 1. The molecule has 0 radical (unpaired) electrons. The van der Waals surface area contributed by atoms with Crippen molar-refractivity contribution in [2.24, 2.45) is 12.5 Å². The minimum Gasteiger partial charge on any atom is -0.350 e. The number of amides is 1. The number of imidazole rings is 1. The summed E-state index contributed by atoms with van der Waals surface area (Å²) >= 11 is 3.42. The monoisotopic (exact) mass is 287 g/mol. The summed E-state index contributed by atoms with van der Waals surface area (Å²) in [4.78, 5) is 15.7. The zero-order chi connectivity index (χ0) is 12.2. The van der Waals surface area contributed by atoms with Gasteiger partial charge in [0, 0.05) is 18.9 Å². The van der Waals surface area contributed by atoms with Gasteiger partial charge in [0.05, 0.1) is 12.5 Å². The molecular weight excluding hydrogens is 270 g/mol. The van der Waals surface area contributed by atoms with Crippen molar-refractivity contribution in [3.05, 3.63) is 18.2 Å². The van der Waals surface area contributed by atoms with Gasteiger partial charge in [0.25, 0.3) is 5.91 Å². The van der Waals surface area contributed by atoms with E-state index in [0.717, 1.165) is 11.8 Å². The number of nitrogens with zero attached hydrogens (tertiary/aromatic N) is 2. The summed E-state index contributed by atoms with van der Waals surface area (Å²) in [5.41, 5.74) is 0.701. The van der Waals surface area contributed by atoms with Crippen LogP contribution in [-0.4, -0.2) is 27.3 Å². The van der Waals surface area contributed by atoms with Gasteiger partial charge < -0.3 is 9.88 Å². The Hall–Kier alpha value is -0.840. The molecule has 1 rings (SSSR count). The van der Waals surface area contributed by atoms with Crippen molar-refractivity contribution in [1.29, 1.82) is 0 Å². The van der Waals surface area contributed by atoms with E-state index in [-0.39, 0.29) is 11.3 Å². The van der Waals surface area contributed by atoms with Gasteiger partial charge in [0.15, 0.2) is 0 Å². The molecule has 0 saturated carbocycles. The van der Waals surface area contributed by atoms with E-state index in [1.54, 1.807) is 17.1 Å². The first-order valence-corrected chi connectivity index (χ1v) is 6.39. The highest BCUT2D eigenvalue weighted by Crippen LogP contribution is 2.20. The molecule has 0 aliphatic carbocycles. The van der Waals surface area contributed by atoms with Crippen LogP contribution in [0.3, 0.4) is 0 Å². The second-order valence-corrected chi connectivity index (χ2v) is 5.47. The normalized spacial score (nSPS) is 11.5. The van der Waals surface area contributed by atoms with Crippen LogP contribution in [0, 0.1) is 5.41 Å². The lowest BCUT2D eigenvalue weighted by molar-refractivity contribution is 0.0927. The first-order valence-electron chi connectivity index (χ1n) is 5.27. The molecule has 0 atom stereocenters. The fraction of sp³-hybridized carbons (Fsp3) is 0.636. The van der Waals surface area contributed by atoms with Gasteiger partial charge >= 0.3 is 0 Å². The zero-order valence-electron chi connectivity index (χ0n) is 9.96. The number of carbonyl (C=O) groups is 1. The first kappa shape index (κ1) is 13.2. The number of aromatic nitrogens is 2. The van der Waals surface area contributed by atoms with E-state index in [0.29, 0.717) is 12.2 Å². The third kappa shape index (κ3) is 3.63. The molecule has 1 heterocycles. The Bertz CT molecular complexity index is 360. The van der Waals surface area contributed by atoms with E-state index in [4.69, 9.17) is 0 Å².